The highest BCUT2D eigenvalue weighted by molar-refractivity contribution is 7.13. The Morgan fingerprint density at radius 1 is 1.29 bits per heavy atom. The lowest BCUT2D eigenvalue weighted by Crippen LogP contribution is -2.47. The Kier molecular flexibility index (Phi) is 6.09. The molecule has 0 spiro atoms. The van der Waals surface area contributed by atoms with Crippen LogP contribution < -0.4 is 0 Å². The molecule has 0 bridgehead atoms. The summed E-state index contributed by atoms with van der Waals surface area (Å²) in [5.74, 6) is -0.0750. The molecule has 0 saturated carbocycles. The number of amides is 2. The minimum absolute atomic E-state index is 0.0394. The molecule has 0 aliphatic carbocycles. The molecule has 2 amide bonds. The predicted molar refractivity (Wildman–Crippen MR) is 123 cm³/mol. The van der Waals surface area contributed by atoms with Gasteiger partial charge in [0.05, 0.1) is 27.7 Å². The van der Waals surface area contributed by atoms with Crippen molar-refractivity contribution in [3.05, 3.63) is 35.3 Å². The molecule has 8 heteroatoms. The number of thiophene rings is 1. The summed E-state index contributed by atoms with van der Waals surface area (Å²) in [4.78, 5) is 36.2. The highest BCUT2D eigenvalue weighted by atomic mass is 32.1. The van der Waals surface area contributed by atoms with Gasteiger partial charge in [-0.25, -0.2) is 9.67 Å². The molecule has 3 aromatic heterocycles. The maximum atomic E-state index is 13.8. The molecule has 1 aliphatic heterocycles. The summed E-state index contributed by atoms with van der Waals surface area (Å²) in [6.45, 7) is 9.94. The quantitative estimate of drug-likeness (QED) is 0.577. The number of carbonyl (C=O) groups is 2. The van der Waals surface area contributed by atoms with E-state index >= 15 is 0 Å². The Morgan fingerprint density at radius 2 is 2.06 bits per heavy atom. The van der Waals surface area contributed by atoms with E-state index in [1.807, 2.05) is 60.9 Å². The standard InChI is InChI=1S/C23H29N5O2S/c1-5-26(6-2)23(30)19-9-7-11-27(19)22(29)16-13-18(20-10-8-12-31-20)25-21-17(16)14-24-28(21)15(3)4/h8,10,12-15,19H,5-7,9,11H2,1-4H3. The van der Waals surface area contributed by atoms with Crippen LogP contribution in [0.15, 0.2) is 29.8 Å². The van der Waals surface area contributed by atoms with Crippen molar-refractivity contribution in [2.75, 3.05) is 19.6 Å². The Balaban J connectivity index is 1.79. The Labute approximate surface area is 186 Å². The molecule has 4 heterocycles. The van der Waals surface area contributed by atoms with Gasteiger partial charge in [-0.2, -0.15) is 5.10 Å². The van der Waals surface area contributed by atoms with E-state index in [-0.39, 0.29) is 17.9 Å². The fourth-order valence-electron chi connectivity index (χ4n) is 4.29. The fourth-order valence-corrected chi connectivity index (χ4v) is 4.98. The highest BCUT2D eigenvalue weighted by Gasteiger charge is 2.37. The maximum absolute atomic E-state index is 13.8. The van der Waals surface area contributed by atoms with Crippen LogP contribution in [0.5, 0.6) is 0 Å². The molecule has 7 nitrogen and oxygen atoms in total. The van der Waals surface area contributed by atoms with E-state index in [9.17, 15) is 9.59 Å². The number of likely N-dealkylation sites (tertiary alicyclic amines) is 1. The molecule has 0 N–H and O–H groups in total. The Bertz CT molecular complexity index is 1090. The predicted octanol–water partition coefficient (Wildman–Crippen LogP) is 4.21. The molecule has 31 heavy (non-hydrogen) atoms. The zero-order valence-electron chi connectivity index (χ0n) is 18.5. The van der Waals surface area contributed by atoms with E-state index in [1.54, 1.807) is 22.4 Å². The minimum atomic E-state index is -0.402. The first-order chi connectivity index (χ1) is 15.0. The molecule has 4 rings (SSSR count). The van der Waals surface area contributed by atoms with Crippen LogP contribution in [0.25, 0.3) is 21.6 Å². The van der Waals surface area contributed by atoms with E-state index < -0.39 is 6.04 Å². The van der Waals surface area contributed by atoms with Gasteiger partial charge >= 0.3 is 0 Å². The topological polar surface area (TPSA) is 71.3 Å². The van der Waals surface area contributed by atoms with Gasteiger partial charge in [0.2, 0.25) is 5.91 Å². The molecular weight excluding hydrogens is 410 g/mol. The summed E-state index contributed by atoms with van der Waals surface area (Å²) in [5.41, 5.74) is 2.04. The number of hydrogen-bond donors (Lipinski definition) is 0. The Hall–Kier alpha value is -2.74. The van der Waals surface area contributed by atoms with Crippen molar-refractivity contribution in [1.29, 1.82) is 0 Å². The van der Waals surface area contributed by atoms with Gasteiger partial charge in [0, 0.05) is 25.7 Å². The molecule has 0 radical (unpaired) electrons. The van der Waals surface area contributed by atoms with E-state index in [0.29, 0.717) is 37.3 Å². The first-order valence-corrected chi connectivity index (χ1v) is 11.9. The largest absolute Gasteiger partial charge is 0.341 e. The van der Waals surface area contributed by atoms with Crippen LogP contribution >= 0.6 is 11.3 Å². The highest BCUT2D eigenvalue weighted by Crippen LogP contribution is 2.31. The van der Waals surface area contributed by atoms with Crippen molar-refractivity contribution < 1.29 is 9.59 Å². The summed E-state index contributed by atoms with van der Waals surface area (Å²) in [6, 6.07) is 5.56. The number of fused-ring (bicyclic) bond motifs is 1. The van der Waals surface area contributed by atoms with Crippen molar-refractivity contribution in [1.82, 2.24) is 24.6 Å². The number of nitrogens with zero attached hydrogens (tertiary/aromatic N) is 5. The van der Waals surface area contributed by atoms with Crippen LogP contribution in [0.3, 0.4) is 0 Å². The van der Waals surface area contributed by atoms with Crippen molar-refractivity contribution in [3.8, 4) is 10.6 Å². The summed E-state index contributed by atoms with van der Waals surface area (Å²) < 4.78 is 1.85. The van der Waals surface area contributed by atoms with Crippen molar-refractivity contribution >= 4 is 34.2 Å². The van der Waals surface area contributed by atoms with Crippen LogP contribution in [0.1, 0.15) is 56.9 Å². The van der Waals surface area contributed by atoms with Crippen LogP contribution in [0.2, 0.25) is 0 Å². The average Bonchev–Trinajstić information content (AvgIpc) is 3.53. The molecule has 0 aromatic carbocycles. The smallest absolute Gasteiger partial charge is 0.255 e. The molecule has 1 saturated heterocycles. The van der Waals surface area contributed by atoms with Gasteiger partial charge in [0.15, 0.2) is 5.65 Å². The minimum Gasteiger partial charge on any atom is -0.341 e. The summed E-state index contributed by atoms with van der Waals surface area (Å²) in [6.07, 6.45) is 3.27. The fraction of sp³-hybridized carbons (Fsp3) is 0.478. The first kappa shape index (κ1) is 21.5. The number of pyridine rings is 1. The van der Waals surface area contributed by atoms with Crippen LogP contribution in [-0.2, 0) is 4.79 Å². The maximum Gasteiger partial charge on any atom is 0.255 e. The number of aromatic nitrogens is 3. The Morgan fingerprint density at radius 3 is 2.71 bits per heavy atom. The average molecular weight is 440 g/mol. The third kappa shape index (κ3) is 3.84. The number of rotatable bonds is 6. The van der Waals surface area contributed by atoms with E-state index in [4.69, 9.17) is 4.98 Å². The summed E-state index contributed by atoms with van der Waals surface area (Å²) >= 11 is 1.59. The van der Waals surface area contributed by atoms with E-state index in [1.165, 1.54) is 0 Å². The van der Waals surface area contributed by atoms with Crippen molar-refractivity contribution in [2.45, 2.75) is 52.6 Å². The second-order valence-corrected chi connectivity index (χ2v) is 9.07. The van der Waals surface area contributed by atoms with Crippen LogP contribution in [-0.4, -0.2) is 62.1 Å². The SMILES string of the molecule is CCN(CC)C(=O)C1CCCN1C(=O)c1cc(-c2cccs2)nc2c1cnn2C(C)C. The zero-order valence-corrected chi connectivity index (χ0v) is 19.4. The molecule has 164 valence electrons. The molecular formula is C23H29N5O2S. The first-order valence-electron chi connectivity index (χ1n) is 11.0. The lowest BCUT2D eigenvalue weighted by Gasteiger charge is -2.29. The van der Waals surface area contributed by atoms with Gasteiger partial charge in [-0.05, 0) is 58.0 Å². The number of carbonyl (C=O) groups excluding carboxylic acids is 2. The molecule has 3 aromatic rings. The van der Waals surface area contributed by atoms with E-state index in [2.05, 4.69) is 5.10 Å². The lowest BCUT2D eigenvalue weighted by atomic mass is 10.1. The molecule has 1 atom stereocenters. The van der Waals surface area contributed by atoms with Crippen LogP contribution in [0, 0.1) is 0 Å². The normalized spacial score (nSPS) is 16.4. The van der Waals surface area contributed by atoms with Crippen molar-refractivity contribution in [2.24, 2.45) is 0 Å². The summed E-state index contributed by atoms with van der Waals surface area (Å²) in [7, 11) is 0. The second-order valence-electron chi connectivity index (χ2n) is 8.12. The van der Waals surface area contributed by atoms with Gasteiger partial charge < -0.3 is 9.80 Å². The summed E-state index contributed by atoms with van der Waals surface area (Å²) in [5, 5.41) is 7.25. The van der Waals surface area contributed by atoms with Crippen LogP contribution in [0.4, 0.5) is 0 Å². The molecule has 1 fully saturated rings. The molecule has 1 unspecified atom stereocenters. The number of hydrogen-bond acceptors (Lipinski definition) is 5. The zero-order chi connectivity index (χ0) is 22.1. The van der Waals surface area contributed by atoms with E-state index in [0.717, 1.165) is 22.4 Å². The number of likely N-dealkylation sites (N-methyl/N-ethyl adjacent to an activating group) is 1. The molecule has 1 aliphatic rings. The second kappa shape index (κ2) is 8.78. The lowest BCUT2D eigenvalue weighted by molar-refractivity contribution is -0.134. The van der Waals surface area contributed by atoms with Gasteiger partial charge in [0.1, 0.15) is 6.04 Å². The monoisotopic (exact) mass is 439 g/mol. The third-order valence-electron chi connectivity index (χ3n) is 5.93. The third-order valence-corrected chi connectivity index (χ3v) is 6.83. The van der Waals surface area contributed by atoms with Gasteiger partial charge in [-0.1, -0.05) is 6.07 Å². The van der Waals surface area contributed by atoms with Gasteiger partial charge in [-0.15, -0.1) is 11.3 Å². The van der Waals surface area contributed by atoms with Gasteiger partial charge in [-0.3, -0.25) is 9.59 Å². The van der Waals surface area contributed by atoms with Gasteiger partial charge in [0.25, 0.3) is 5.91 Å². The van der Waals surface area contributed by atoms with Crippen molar-refractivity contribution in [3.63, 3.8) is 0 Å².